The molecule has 90 valence electrons. The van der Waals surface area contributed by atoms with Crippen LogP contribution in [-0.2, 0) is 0 Å². The molecule has 0 amide bonds. The lowest BCUT2D eigenvalue weighted by Crippen LogP contribution is -1.99. The Hall–Kier alpha value is -2.63. The SMILES string of the molecule is Cc1ccc2cc(-c3nonc3C(=O)O)[nH]c2c1. The number of nitrogens with zero attached hydrogens (tertiary/aromatic N) is 2. The van der Waals surface area contributed by atoms with Gasteiger partial charge in [-0.15, -0.1) is 0 Å². The van der Waals surface area contributed by atoms with Gasteiger partial charge in [0.15, 0.2) is 5.69 Å². The first-order chi connectivity index (χ1) is 8.65. The first kappa shape index (κ1) is 10.5. The minimum absolute atomic E-state index is 0.196. The standard InChI is InChI=1S/C12H9N3O3/c1-6-2-3-7-5-9(13-8(7)4-6)10-11(12(16)17)15-18-14-10/h2-5,13H,1H3,(H,16,17). The zero-order valence-electron chi connectivity index (χ0n) is 9.47. The Morgan fingerprint density at radius 2 is 2.17 bits per heavy atom. The van der Waals surface area contributed by atoms with Crippen LogP contribution in [0.25, 0.3) is 22.3 Å². The highest BCUT2D eigenvalue weighted by Crippen LogP contribution is 2.25. The van der Waals surface area contributed by atoms with Crippen LogP contribution in [0.4, 0.5) is 0 Å². The van der Waals surface area contributed by atoms with Crippen molar-refractivity contribution < 1.29 is 14.5 Å². The molecular weight excluding hydrogens is 234 g/mol. The molecule has 0 saturated carbocycles. The smallest absolute Gasteiger partial charge is 0.360 e. The molecule has 1 aromatic carbocycles. The number of aromatic amines is 1. The van der Waals surface area contributed by atoms with Gasteiger partial charge in [0.25, 0.3) is 0 Å². The minimum Gasteiger partial charge on any atom is -0.476 e. The van der Waals surface area contributed by atoms with Crippen LogP contribution in [0.1, 0.15) is 16.1 Å². The number of hydrogen-bond acceptors (Lipinski definition) is 4. The average Bonchev–Trinajstić information content (AvgIpc) is 2.93. The van der Waals surface area contributed by atoms with Crippen molar-refractivity contribution in [1.29, 1.82) is 0 Å². The molecule has 0 bridgehead atoms. The maximum atomic E-state index is 10.9. The van der Waals surface area contributed by atoms with Gasteiger partial charge in [-0.1, -0.05) is 12.1 Å². The molecular formula is C12H9N3O3. The van der Waals surface area contributed by atoms with Crippen LogP contribution in [0.3, 0.4) is 0 Å². The molecule has 2 heterocycles. The van der Waals surface area contributed by atoms with E-state index in [0.717, 1.165) is 16.5 Å². The molecule has 3 rings (SSSR count). The second-order valence-corrected chi connectivity index (χ2v) is 4.04. The number of rotatable bonds is 2. The third kappa shape index (κ3) is 1.55. The summed E-state index contributed by atoms with van der Waals surface area (Å²) in [6.45, 7) is 1.99. The van der Waals surface area contributed by atoms with Gasteiger partial charge in [0, 0.05) is 10.9 Å². The van der Waals surface area contributed by atoms with Crippen LogP contribution in [-0.4, -0.2) is 26.4 Å². The molecule has 0 aliphatic carbocycles. The molecule has 0 unspecified atom stereocenters. The number of nitrogens with one attached hydrogen (secondary N) is 1. The lowest BCUT2D eigenvalue weighted by molar-refractivity contribution is 0.0685. The van der Waals surface area contributed by atoms with Gasteiger partial charge in [-0.3, -0.25) is 0 Å². The molecule has 2 N–H and O–H groups in total. The van der Waals surface area contributed by atoms with Crippen molar-refractivity contribution in [3.8, 4) is 11.4 Å². The lowest BCUT2D eigenvalue weighted by Gasteiger charge is -1.91. The Morgan fingerprint density at radius 3 is 2.94 bits per heavy atom. The number of aryl methyl sites for hydroxylation is 1. The van der Waals surface area contributed by atoms with Crippen molar-refractivity contribution in [3.05, 3.63) is 35.5 Å². The van der Waals surface area contributed by atoms with E-state index in [1.165, 1.54) is 0 Å². The van der Waals surface area contributed by atoms with Gasteiger partial charge >= 0.3 is 5.97 Å². The molecule has 0 fully saturated rings. The highest BCUT2D eigenvalue weighted by atomic mass is 16.6. The van der Waals surface area contributed by atoms with Gasteiger partial charge in [0.05, 0.1) is 5.69 Å². The van der Waals surface area contributed by atoms with E-state index in [4.69, 9.17) is 5.11 Å². The van der Waals surface area contributed by atoms with E-state index in [9.17, 15) is 4.79 Å². The highest BCUT2D eigenvalue weighted by molar-refractivity contribution is 5.94. The molecule has 6 nitrogen and oxygen atoms in total. The molecule has 0 atom stereocenters. The molecule has 2 aromatic heterocycles. The molecule has 3 aromatic rings. The maximum Gasteiger partial charge on any atom is 0.360 e. The van der Waals surface area contributed by atoms with Crippen molar-refractivity contribution in [3.63, 3.8) is 0 Å². The number of H-pyrrole nitrogens is 1. The number of hydrogen-bond donors (Lipinski definition) is 2. The summed E-state index contributed by atoms with van der Waals surface area (Å²) >= 11 is 0. The number of fused-ring (bicyclic) bond motifs is 1. The van der Waals surface area contributed by atoms with Crippen molar-refractivity contribution in [2.75, 3.05) is 0 Å². The molecule has 6 heteroatoms. The van der Waals surface area contributed by atoms with E-state index < -0.39 is 5.97 Å². The van der Waals surface area contributed by atoms with Crippen LogP contribution in [0, 0.1) is 6.92 Å². The van der Waals surface area contributed by atoms with Crippen molar-refractivity contribution in [2.45, 2.75) is 6.92 Å². The van der Waals surface area contributed by atoms with E-state index in [1.807, 2.05) is 31.2 Å². The predicted molar refractivity (Wildman–Crippen MR) is 63.3 cm³/mol. The summed E-state index contributed by atoms with van der Waals surface area (Å²) in [6, 6.07) is 7.74. The monoisotopic (exact) mass is 243 g/mol. The highest BCUT2D eigenvalue weighted by Gasteiger charge is 2.20. The van der Waals surface area contributed by atoms with E-state index >= 15 is 0 Å². The van der Waals surface area contributed by atoms with E-state index in [1.54, 1.807) is 0 Å². The normalized spacial score (nSPS) is 10.9. The number of carboxylic acids is 1. The maximum absolute atomic E-state index is 10.9. The molecule has 0 spiro atoms. The van der Waals surface area contributed by atoms with Gasteiger partial charge in [-0.25, -0.2) is 9.42 Å². The Balaban J connectivity index is 2.19. The molecule has 0 radical (unpaired) electrons. The number of carbonyl (C=O) groups is 1. The van der Waals surface area contributed by atoms with Crippen LogP contribution < -0.4 is 0 Å². The summed E-state index contributed by atoms with van der Waals surface area (Å²) in [5.41, 5.74) is 2.63. The van der Waals surface area contributed by atoms with E-state index in [2.05, 4.69) is 19.9 Å². The van der Waals surface area contributed by atoms with E-state index in [0.29, 0.717) is 5.69 Å². The third-order valence-electron chi connectivity index (χ3n) is 2.72. The quantitative estimate of drug-likeness (QED) is 0.720. The summed E-state index contributed by atoms with van der Waals surface area (Å²) < 4.78 is 4.48. The fourth-order valence-corrected chi connectivity index (χ4v) is 1.87. The third-order valence-corrected chi connectivity index (χ3v) is 2.72. The Bertz CT molecular complexity index is 742. The van der Waals surface area contributed by atoms with Crippen LogP contribution in [0.15, 0.2) is 28.9 Å². The van der Waals surface area contributed by atoms with Crippen LogP contribution in [0.5, 0.6) is 0 Å². The summed E-state index contributed by atoms with van der Waals surface area (Å²) in [6.07, 6.45) is 0. The fraction of sp³-hybridized carbons (Fsp3) is 0.0833. The zero-order valence-corrected chi connectivity index (χ0v) is 9.47. The molecule has 0 aliphatic rings. The Morgan fingerprint density at radius 1 is 1.33 bits per heavy atom. The van der Waals surface area contributed by atoms with Gasteiger partial charge in [-0.2, -0.15) is 0 Å². The largest absolute Gasteiger partial charge is 0.476 e. The number of aromatic nitrogens is 3. The van der Waals surface area contributed by atoms with Gasteiger partial charge in [0.1, 0.15) is 0 Å². The second-order valence-electron chi connectivity index (χ2n) is 4.04. The lowest BCUT2D eigenvalue weighted by atomic mass is 10.2. The zero-order chi connectivity index (χ0) is 12.7. The molecule has 0 aliphatic heterocycles. The summed E-state index contributed by atoms with van der Waals surface area (Å²) in [4.78, 5) is 14.1. The van der Waals surface area contributed by atoms with Crippen molar-refractivity contribution in [1.82, 2.24) is 15.3 Å². The second kappa shape index (κ2) is 3.69. The summed E-state index contributed by atoms with van der Waals surface area (Å²) in [5, 5.41) is 16.9. The van der Waals surface area contributed by atoms with Gasteiger partial charge in [-0.05, 0) is 34.9 Å². The fourth-order valence-electron chi connectivity index (χ4n) is 1.87. The van der Waals surface area contributed by atoms with Crippen molar-refractivity contribution >= 4 is 16.9 Å². The number of carboxylic acid groups (broad SMARTS) is 1. The van der Waals surface area contributed by atoms with Gasteiger partial charge < -0.3 is 10.1 Å². The van der Waals surface area contributed by atoms with Gasteiger partial charge in [0.2, 0.25) is 5.69 Å². The summed E-state index contributed by atoms with van der Waals surface area (Å²) in [5.74, 6) is -1.17. The first-order valence-electron chi connectivity index (χ1n) is 5.31. The summed E-state index contributed by atoms with van der Waals surface area (Å²) in [7, 11) is 0. The first-order valence-corrected chi connectivity index (χ1v) is 5.31. The minimum atomic E-state index is -1.17. The molecule has 18 heavy (non-hydrogen) atoms. The predicted octanol–water partition coefficient (Wildman–Crippen LogP) is 2.22. The Labute approximate surface area is 101 Å². The average molecular weight is 243 g/mol. The van der Waals surface area contributed by atoms with E-state index in [-0.39, 0.29) is 11.4 Å². The number of aromatic carboxylic acids is 1. The van der Waals surface area contributed by atoms with Crippen LogP contribution >= 0.6 is 0 Å². The Kier molecular flexibility index (Phi) is 2.16. The topological polar surface area (TPSA) is 92.0 Å². The van der Waals surface area contributed by atoms with Crippen LogP contribution in [0.2, 0.25) is 0 Å². The van der Waals surface area contributed by atoms with Crippen molar-refractivity contribution in [2.24, 2.45) is 0 Å². The molecule has 0 saturated heterocycles. The number of benzene rings is 1.